The zero-order valence-electron chi connectivity index (χ0n) is 10.5. The molecule has 0 amide bonds. The second-order valence-electron chi connectivity index (χ2n) is 4.43. The second-order valence-corrected chi connectivity index (χ2v) is 4.43. The summed E-state index contributed by atoms with van der Waals surface area (Å²) >= 11 is 0. The van der Waals surface area contributed by atoms with E-state index in [1.165, 1.54) is 0 Å². The van der Waals surface area contributed by atoms with E-state index in [1.54, 1.807) is 0 Å². The maximum absolute atomic E-state index is 8.27. The Morgan fingerprint density at radius 3 is 2.94 bits per heavy atom. The molecule has 1 heterocycles. The molecule has 0 N–H and O–H groups in total. The molecular formula is C13H17N3O2. The summed E-state index contributed by atoms with van der Waals surface area (Å²) in [6.07, 6.45) is 1.65. The van der Waals surface area contributed by atoms with Crippen molar-refractivity contribution in [3.8, 4) is 0 Å². The highest BCUT2D eigenvalue weighted by molar-refractivity contribution is 5.19. The lowest BCUT2D eigenvalue weighted by molar-refractivity contribution is -0.293. The predicted octanol–water partition coefficient (Wildman–Crippen LogP) is 3.37. The summed E-state index contributed by atoms with van der Waals surface area (Å²) in [6, 6.07) is 9.90. The molecule has 1 fully saturated rings. The molecule has 18 heavy (non-hydrogen) atoms. The van der Waals surface area contributed by atoms with Crippen molar-refractivity contribution in [1.82, 2.24) is 0 Å². The van der Waals surface area contributed by atoms with Crippen molar-refractivity contribution < 1.29 is 9.47 Å². The van der Waals surface area contributed by atoms with E-state index in [2.05, 4.69) is 10.0 Å². The Balaban J connectivity index is 2.03. The Bertz CT molecular complexity index is 431. The van der Waals surface area contributed by atoms with Gasteiger partial charge >= 0.3 is 0 Å². The summed E-state index contributed by atoms with van der Waals surface area (Å²) in [7, 11) is 0. The molecule has 2 rings (SSSR count). The molecule has 5 nitrogen and oxygen atoms in total. The van der Waals surface area contributed by atoms with Crippen molar-refractivity contribution in [2.75, 3.05) is 13.2 Å². The SMILES string of the molecule is C[C@@]1(c2ccccc2)OCC[C@@H](CCN=[N+]=[N-])O1. The van der Waals surface area contributed by atoms with Gasteiger partial charge in [-0.05, 0) is 25.3 Å². The van der Waals surface area contributed by atoms with Crippen molar-refractivity contribution in [3.63, 3.8) is 0 Å². The van der Waals surface area contributed by atoms with Crippen LogP contribution in [0.2, 0.25) is 0 Å². The number of benzene rings is 1. The van der Waals surface area contributed by atoms with E-state index in [1.807, 2.05) is 37.3 Å². The Morgan fingerprint density at radius 2 is 2.22 bits per heavy atom. The van der Waals surface area contributed by atoms with Gasteiger partial charge in [0.05, 0.1) is 12.7 Å². The van der Waals surface area contributed by atoms with Crippen LogP contribution in [-0.4, -0.2) is 19.3 Å². The molecule has 5 heteroatoms. The van der Waals surface area contributed by atoms with E-state index in [4.69, 9.17) is 15.0 Å². The summed E-state index contributed by atoms with van der Waals surface area (Å²) in [5.41, 5.74) is 9.28. The minimum atomic E-state index is -0.694. The summed E-state index contributed by atoms with van der Waals surface area (Å²) in [5, 5.41) is 3.55. The monoisotopic (exact) mass is 247 g/mol. The maximum atomic E-state index is 8.27. The van der Waals surface area contributed by atoms with Gasteiger partial charge in [-0.1, -0.05) is 35.4 Å². The predicted molar refractivity (Wildman–Crippen MR) is 67.9 cm³/mol. The standard InChI is InChI=1S/C13H17N3O2/c1-13(11-5-3-2-4-6-11)17-10-8-12(18-13)7-9-15-16-14/h2-6,12H,7-10H2,1H3/t12-,13-/m1/s1. The van der Waals surface area contributed by atoms with Crippen LogP contribution in [0.15, 0.2) is 35.4 Å². The van der Waals surface area contributed by atoms with Crippen molar-refractivity contribution >= 4 is 0 Å². The van der Waals surface area contributed by atoms with Crippen LogP contribution < -0.4 is 0 Å². The van der Waals surface area contributed by atoms with Gasteiger partial charge < -0.3 is 9.47 Å². The quantitative estimate of drug-likeness (QED) is 0.465. The number of hydrogen-bond donors (Lipinski definition) is 0. The molecular weight excluding hydrogens is 230 g/mol. The molecule has 0 aliphatic carbocycles. The van der Waals surface area contributed by atoms with Crippen LogP contribution in [0.1, 0.15) is 25.3 Å². The summed E-state index contributed by atoms with van der Waals surface area (Å²) in [5.74, 6) is -0.694. The first kappa shape index (κ1) is 12.9. The molecule has 2 atom stereocenters. The smallest absolute Gasteiger partial charge is 0.192 e. The molecule has 1 aromatic carbocycles. The average Bonchev–Trinajstić information content (AvgIpc) is 2.40. The Kier molecular flexibility index (Phi) is 4.20. The highest BCUT2D eigenvalue weighted by Gasteiger charge is 2.35. The van der Waals surface area contributed by atoms with Gasteiger partial charge in [0.1, 0.15) is 0 Å². The fourth-order valence-electron chi connectivity index (χ4n) is 2.14. The Labute approximate surface area is 106 Å². The van der Waals surface area contributed by atoms with E-state index in [9.17, 15) is 0 Å². The van der Waals surface area contributed by atoms with Crippen LogP contribution in [0.5, 0.6) is 0 Å². The van der Waals surface area contributed by atoms with E-state index in [0.29, 0.717) is 13.2 Å². The molecule has 96 valence electrons. The normalized spacial score (nSPS) is 27.5. The lowest BCUT2D eigenvalue weighted by Crippen LogP contribution is -2.40. The van der Waals surface area contributed by atoms with Gasteiger partial charge in [0, 0.05) is 17.0 Å². The molecule has 1 aliphatic heterocycles. The molecule has 0 unspecified atom stereocenters. The highest BCUT2D eigenvalue weighted by atomic mass is 16.7. The van der Waals surface area contributed by atoms with Gasteiger partial charge in [-0.25, -0.2) is 0 Å². The maximum Gasteiger partial charge on any atom is 0.192 e. The first-order valence-electron chi connectivity index (χ1n) is 6.13. The molecule has 1 aliphatic rings. The van der Waals surface area contributed by atoms with Crippen LogP contribution in [0.4, 0.5) is 0 Å². The number of hydrogen-bond acceptors (Lipinski definition) is 3. The molecule has 0 spiro atoms. The number of nitrogens with zero attached hydrogens (tertiary/aromatic N) is 3. The zero-order valence-corrected chi connectivity index (χ0v) is 10.5. The fraction of sp³-hybridized carbons (Fsp3) is 0.538. The number of azide groups is 1. The van der Waals surface area contributed by atoms with Gasteiger partial charge in [0.15, 0.2) is 5.79 Å². The van der Waals surface area contributed by atoms with E-state index < -0.39 is 5.79 Å². The Hall–Kier alpha value is -1.55. The molecule has 0 bridgehead atoms. The van der Waals surface area contributed by atoms with Crippen LogP contribution in [0.25, 0.3) is 10.4 Å². The molecule has 1 saturated heterocycles. The van der Waals surface area contributed by atoms with Crippen LogP contribution in [-0.2, 0) is 15.3 Å². The van der Waals surface area contributed by atoms with Gasteiger partial charge in [-0.15, -0.1) is 0 Å². The molecule has 0 aromatic heterocycles. The van der Waals surface area contributed by atoms with Crippen molar-refractivity contribution in [1.29, 1.82) is 0 Å². The zero-order chi connectivity index (χ0) is 12.8. The van der Waals surface area contributed by atoms with E-state index in [0.717, 1.165) is 18.4 Å². The summed E-state index contributed by atoms with van der Waals surface area (Å²) in [4.78, 5) is 2.75. The first-order valence-corrected chi connectivity index (χ1v) is 6.13. The first-order chi connectivity index (χ1) is 8.74. The third kappa shape index (κ3) is 3.01. The van der Waals surface area contributed by atoms with Crippen LogP contribution in [0, 0.1) is 0 Å². The summed E-state index contributed by atoms with van der Waals surface area (Å²) in [6.45, 7) is 3.06. The minimum Gasteiger partial charge on any atom is -0.346 e. The van der Waals surface area contributed by atoms with Gasteiger partial charge in [0.2, 0.25) is 0 Å². The van der Waals surface area contributed by atoms with Gasteiger partial charge in [0.25, 0.3) is 0 Å². The lowest BCUT2D eigenvalue weighted by atomic mass is 10.0. The van der Waals surface area contributed by atoms with Crippen molar-refractivity contribution in [2.24, 2.45) is 5.11 Å². The Morgan fingerprint density at radius 1 is 1.44 bits per heavy atom. The van der Waals surface area contributed by atoms with E-state index >= 15 is 0 Å². The lowest BCUT2D eigenvalue weighted by Gasteiger charge is -2.39. The largest absolute Gasteiger partial charge is 0.346 e. The second kappa shape index (κ2) is 5.87. The number of ether oxygens (including phenoxy) is 2. The van der Waals surface area contributed by atoms with Gasteiger partial charge in [-0.3, -0.25) is 0 Å². The third-order valence-corrected chi connectivity index (χ3v) is 3.12. The van der Waals surface area contributed by atoms with Crippen molar-refractivity contribution in [2.45, 2.75) is 31.7 Å². The van der Waals surface area contributed by atoms with Crippen LogP contribution >= 0.6 is 0 Å². The topological polar surface area (TPSA) is 67.2 Å². The van der Waals surface area contributed by atoms with Crippen LogP contribution in [0.3, 0.4) is 0 Å². The molecule has 0 saturated carbocycles. The molecule has 1 aromatic rings. The third-order valence-electron chi connectivity index (χ3n) is 3.12. The summed E-state index contributed by atoms with van der Waals surface area (Å²) < 4.78 is 11.8. The molecule has 0 radical (unpaired) electrons. The van der Waals surface area contributed by atoms with Crippen molar-refractivity contribution in [3.05, 3.63) is 46.3 Å². The van der Waals surface area contributed by atoms with E-state index in [-0.39, 0.29) is 6.10 Å². The minimum absolute atomic E-state index is 0.0782. The fourth-order valence-corrected chi connectivity index (χ4v) is 2.14. The average molecular weight is 247 g/mol. The number of rotatable bonds is 4. The highest BCUT2D eigenvalue weighted by Crippen LogP contribution is 2.33. The van der Waals surface area contributed by atoms with Gasteiger partial charge in [-0.2, -0.15) is 0 Å².